The number of hydrogen-bond acceptors (Lipinski definition) is 6. The Balaban J connectivity index is 1.66. The Morgan fingerprint density at radius 2 is 1.76 bits per heavy atom. The van der Waals surface area contributed by atoms with E-state index in [0.717, 1.165) is 11.1 Å². The zero-order valence-corrected chi connectivity index (χ0v) is 23.5. The zero-order chi connectivity index (χ0) is 29.9. The Hall–Kier alpha value is -4.26. The van der Waals surface area contributed by atoms with Crippen molar-refractivity contribution in [1.29, 1.82) is 0 Å². The number of hydrogen-bond donors (Lipinski definition) is 1. The number of halogens is 4. The number of aromatic nitrogens is 5. The molecule has 2 aromatic heterocycles. The van der Waals surface area contributed by atoms with Crippen molar-refractivity contribution in [2.75, 3.05) is 43.4 Å². The van der Waals surface area contributed by atoms with Crippen LogP contribution in [0, 0.1) is 5.82 Å². The molecule has 0 bridgehead atoms. The number of likely N-dealkylation sites (N-methyl/N-ethyl adjacent to an activating group) is 1. The molecule has 41 heavy (non-hydrogen) atoms. The maximum Gasteiger partial charge on any atom is 0.419 e. The van der Waals surface area contributed by atoms with Gasteiger partial charge in [-0.15, -0.1) is 5.10 Å². The highest BCUT2D eigenvalue weighted by Crippen LogP contribution is 2.38. The molecule has 9 nitrogen and oxygen atoms in total. The highest BCUT2D eigenvalue weighted by Gasteiger charge is 2.37. The van der Waals surface area contributed by atoms with E-state index < -0.39 is 23.5 Å². The molecule has 1 aliphatic rings. The predicted octanol–water partition coefficient (Wildman–Crippen LogP) is 4.98. The number of nitrogens with zero attached hydrogens (tertiary/aromatic N) is 7. The monoisotopic (exact) mass is 572 g/mol. The number of anilines is 2. The van der Waals surface area contributed by atoms with E-state index in [4.69, 9.17) is 0 Å². The van der Waals surface area contributed by atoms with E-state index in [1.807, 2.05) is 31.9 Å². The number of amides is 1. The molecule has 0 saturated carbocycles. The normalized spacial score (nSPS) is 15.9. The van der Waals surface area contributed by atoms with Gasteiger partial charge in [0.2, 0.25) is 0 Å². The second-order valence-electron chi connectivity index (χ2n) is 9.80. The molecule has 218 valence electrons. The molecule has 0 unspecified atom stereocenters. The van der Waals surface area contributed by atoms with E-state index >= 15 is 4.39 Å². The van der Waals surface area contributed by atoms with Gasteiger partial charge < -0.3 is 15.1 Å². The minimum Gasteiger partial charge on any atom is -0.367 e. The van der Waals surface area contributed by atoms with Gasteiger partial charge in [-0.1, -0.05) is 17.4 Å². The lowest BCUT2D eigenvalue weighted by atomic mass is 10.1. The first kappa shape index (κ1) is 29.7. The molecule has 1 saturated heterocycles. The van der Waals surface area contributed by atoms with Crippen molar-refractivity contribution in [2.45, 2.75) is 26.9 Å². The average molecular weight is 573 g/mol. The van der Waals surface area contributed by atoms with Crippen LogP contribution in [0.1, 0.15) is 26.3 Å². The first-order valence-corrected chi connectivity index (χ1v) is 13.0. The lowest BCUT2D eigenvalue weighted by Crippen LogP contribution is -2.45. The molecule has 0 atom stereocenters. The van der Waals surface area contributed by atoms with E-state index in [-0.39, 0.29) is 16.9 Å². The van der Waals surface area contributed by atoms with Gasteiger partial charge in [0.25, 0.3) is 5.91 Å². The fraction of sp³-hybridized carbons (Fsp3) is 0.357. The van der Waals surface area contributed by atoms with Crippen molar-refractivity contribution >= 4 is 23.0 Å². The number of carbonyl (C=O) groups excluding carboxylic acids is 1. The fourth-order valence-corrected chi connectivity index (χ4v) is 4.37. The van der Waals surface area contributed by atoms with Gasteiger partial charge in [0, 0.05) is 56.2 Å². The molecule has 3 heterocycles. The van der Waals surface area contributed by atoms with Gasteiger partial charge in [0.1, 0.15) is 5.69 Å². The van der Waals surface area contributed by atoms with Crippen LogP contribution in [-0.4, -0.2) is 68.8 Å². The number of carbonyl (C=O) groups is 1. The van der Waals surface area contributed by atoms with Gasteiger partial charge in [0.05, 0.1) is 29.3 Å². The number of allylic oxidation sites excluding steroid dienone is 4. The van der Waals surface area contributed by atoms with Gasteiger partial charge in [-0.05, 0) is 51.6 Å². The van der Waals surface area contributed by atoms with Gasteiger partial charge in [-0.3, -0.25) is 9.48 Å². The van der Waals surface area contributed by atoms with Crippen molar-refractivity contribution in [3.63, 3.8) is 0 Å². The number of piperazine rings is 1. The summed E-state index contributed by atoms with van der Waals surface area (Å²) >= 11 is 0. The van der Waals surface area contributed by atoms with Crippen LogP contribution in [0.3, 0.4) is 0 Å². The van der Waals surface area contributed by atoms with Crippen LogP contribution in [0.5, 0.6) is 0 Å². The maximum atomic E-state index is 15.1. The smallest absolute Gasteiger partial charge is 0.367 e. The standard InChI is InChI=1S/C28H32F4N8O/c1-6-18(3)24(40-17-23(35-36-40)20-15-33-38(5)16-20)12-19(7-2)27(41)34-21-13-22(28(30,31)32)26(29)25(14-21)39-10-8-37(4)9-11-39/h6-7,12-17H,8-11H2,1-5H3,(H,34,41)/b18-6-,19-7+,24-12+. The molecule has 1 aliphatic heterocycles. The lowest BCUT2D eigenvalue weighted by molar-refractivity contribution is -0.139. The Labute approximate surface area is 235 Å². The van der Waals surface area contributed by atoms with Crippen molar-refractivity contribution in [2.24, 2.45) is 7.05 Å². The minimum atomic E-state index is -4.94. The zero-order valence-electron chi connectivity index (χ0n) is 23.5. The van der Waals surface area contributed by atoms with Crippen LogP contribution in [0.4, 0.5) is 28.9 Å². The molecule has 1 N–H and O–H groups in total. The molecule has 13 heteroatoms. The van der Waals surface area contributed by atoms with Gasteiger partial charge >= 0.3 is 6.18 Å². The van der Waals surface area contributed by atoms with Crippen LogP contribution in [0.2, 0.25) is 0 Å². The van der Waals surface area contributed by atoms with Crippen molar-refractivity contribution in [1.82, 2.24) is 29.7 Å². The Kier molecular flexibility index (Phi) is 8.76. The third-order valence-electron chi connectivity index (χ3n) is 6.90. The summed E-state index contributed by atoms with van der Waals surface area (Å²) in [5.74, 6) is -2.02. The van der Waals surface area contributed by atoms with E-state index in [2.05, 4.69) is 20.7 Å². The molecule has 0 spiro atoms. The van der Waals surface area contributed by atoms with Crippen LogP contribution < -0.4 is 10.2 Å². The largest absolute Gasteiger partial charge is 0.419 e. The molecular weight excluding hydrogens is 540 g/mol. The Bertz CT molecular complexity index is 1510. The molecule has 0 aliphatic carbocycles. The highest BCUT2D eigenvalue weighted by atomic mass is 19.4. The highest BCUT2D eigenvalue weighted by molar-refractivity contribution is 6.07. The molecule has 1 amide bonds. The average Bonchev–Trinajstić information content (AvgIpc) is 3.59. The third-order valence-corrected chi connectivity index (χ3v) is 6.90. The Morgan fingerprint density at radius 3 is 2.34 bits per heavy atom. The van der Waals surface area contributed by atoms with Crippen LogP contribution in [0.15, 0.2) is 60.1 Å². The van der Waals surface area contributed by atoms with Crippen molar-refractivity contribution in [3.05, 3.63) is 71.5 Å². The minimum absolute atomic E-state index is 0.158. The fourth-order valence-electron chi connectivity index (χ4n) is 4.37. The second kappa shape index (κ2) is 12.1. The maximum absolute atomic E-state index is 15.1. The quantitative estimate of drug-likeness (QED) is 0.244. The molecular formula is C28H32F4N8O. The van der Waals surface area contributed by atoms with Crippen LogP contribution >= 0.6 is 0 Å². The summed E-state index contributed by atoms with van der Waals surface area (Å²) in [5.41, 5.74) is 1.02. The van der Waals surface area contributed by atoms with Gasteiger partial charge in [0.15, 0.2) is 5.82 Å². The summed E-state index contributed by atoms with van der Waals surface area (Å²) < 4.78 is 59.6. The second-order valence-corrected chi connectivity index (χ2v) is 9.80. The number of rotatable bonds is 7. The summed E-state index contributed by atoms with van der Waals surface area (Å²) in [5, 5.41) is 15.1. The summed E-state index contributed by atoms with van der Waals surface area (Å²) in [6.45, 7) is 7.16. The van der Waals surface area contributed by atoms with E-state index in [1.54, 1.807) is 48.2 Å². The first-order chi connectivity index (χ1) is 19.4. The summed E-state index contributed by atoms with van der Waals surface area (Å²) in [4.78, 5) is 16.9. The van der Waals surface area contributed by atoms with Gasteiger partial charge in [-0.2, -0.15) is 18.3 Å². The van der Waals surface area contributed by atoms with E-state index in [1.165, 1.54) is 16.8 Å². The number of alkyl halides is 3. The van der Waals surface area contributed by atoms with Crippen molar-refractivity contribution in [3.8, 4) is 11.3 Å². The predicted molar refractivity (Wildman–Crippen MR) is 149 cm³/mol. The van der Waals surface area contributed by atoms with Crippen LogP contribution in [0.25, 0.3) is 17.0 Å². The molecule has 1 fully saturated rings. The topological polar surface area (TPSA) is 84.1 Å². The van der Waals surface area contributed by atoms with Gasteiger partial charge in [-0.25, -0.2) is 9.07 Å². The Morgan fingerprint density at radius 1 is 1.05 bits per heavy atom. The SMILES string of the molecule is C\C=C(C)/C(=C\C(=C/C)C(=O)Nc1cc(N2CCN(C)CC2)c(F)c(C(F)(F)F)c1)n1cc(-c2cnn(C)c2)nn1. The number of benzene rings is 1. The number of aryl methyl sites for hydroxylation is 1. The summed E-state index contributed by atoms with van der Waals surface area (Å²) in [6, 6.07) is 1.87. The number of nitrogens with one attached hydrogen (secondary N) is 1. The summed E-state index contributed by atoms with van der Waals surface area (Å²) in [7, 11) is 3.67. The first-order valence-electron chi connectivity index (χ1n) is 13.0. The van der Waals surface area contributed by atoms with Crippen LogP contribution in [-0.2, 0) is 18.0 Å². The van der Waals surface area contributed by atoms with Crippen molar-refractivity contribution < 1.29 is 22.4 Å². The molecule has 3 aromatic rings. The molecule has 4 rings (SSSR count). The molecule has 1 aromatic carbocycles. The third kappa shape index (κ3) is 6.73. The van der Waals surface area contributed by atoms with E-state index in [0.29, 0.717) is 43.6 Å². The summed E-state index contributed by atoms with van der Waals surface area (Å²) in [6.07, 6.45) is 5.14. The molecule has 0 radical (unpaired) electrons. The van der Waals surface area contributed by atoms with E-state index in [9.17, 15) is 18.0 Å². The lowest BCUT2D eigenvalue weighted by Gasteiger charge is -2.34.